The molecule has 1 fully saturated rings. The summed E-state index contributed by atoms with van der Waals surface area (Å²) in [6.45, 7) is 0.564. The first-order valence-corrected chi connectivity index (χ1v) is 4.00. The molecular formula is C7H12N2O4. The lowest BCUT2D eigenvalue weighted by Crippen LogP contribution is -2.54. The summed E-state index contributed by atoms with van der Waals surface area (Å²) in [6.07, 6.45) is 0. The van der Waals surface area contributed by atoms with Crippen LogP contribution in [-0.4, -0.2) is 47.8 Å². The highest BCUT2D eigenvalue weighted by atomic mass is 16.4. The van der Waals surface area contributed by atoms with Gasteiger partial charge in [0, 0.05) is 13.1 Å². The number of carbonyl (C=O) groups excluding carboxylic acids is 1. The molecule has 6 heteroatoms. The molecule has 1 aliphatic rings. The van der Waals surface area contributed by atoms with Gasteiger partial charge in [-0.3, -0.25) is 4.79 Å². The van der Waals surface area contributed by atoms with Gasteiger partial charge in [0.1, 0.15) is 6.04 Å². The van der Waals surface area contributed by atoms with E-state index in [2.05, 4.69) is 10.6 Å². The van der Waals surface area contributed by atoms with E-state index in [-0.39, 0.29) is 11.8 Å². The molecule has 74 valence electrons. The van der Waals surface area contributed by atoms with Crippen LogP contribution in [0.2, 0.25) is 0 Å². The predicted octanol–water partition coefficient (Wildman–Crippen LogP) is -2.23. The van der Waals surface area contributed by atoms with Crippen molar-refractivity contribution in [3.63, 3.8) is 0 Å². The van der Waals surface area contributed by atoms with Crippen LogP contribution in [0.5, 0.6) is 0 Å². The quantitative estimate of drug-likeness (QED) is 0.400. The van der Waals surface area contributed by atoms with Gasteiger partial charge in [-0.05, 0) is 0 Å². The first-order chi connectivity index (χ1) is 6.15. The Morgan fingerprint density at radius 1 is 1.54 bits per heavy atom. The topological polar surface area (TPSA) is 98.7 Å². The third kappa shape index (κ3) is 2.40. The van der Waals surface area contributed by atoms with Crippen molar-refractivity contribution in [2.24, 2.45) is 5.92 Å². The third-order valence-electron chi connectivity index (χ3n) is 1.95. The molecular weight excluding hydrogens is 176 g/mol. The summed E-state index contributed by atoms with van der Waals surface area (Å²) in [5.41, 5.74) is 0. The number of hydrogen-bond donors (Lipinski definition) is 4. The summed E-state index contributed by atoms with van der Waals surface area (Å²) in [5.74, 6) is -1.70. The fraction of sp³-hybridized carbons (Fsp3) is 0.714. The third-order valence-corrected chi connectivity index (χ3v) is 1.95. The van der Waals surface area contributed by atoms with Gasteiger partial charge in [-0.2, -0.15) is 0 Å². The number of aliphatic carboxylic acids is 1. The molecule has 13 heavy (non-hydrogen) atoms. The highest BCUT2D eigenvalue weighted by Gasteiger charge is 2.28. The number of rotatable bonds is 4. The Bertz CT molecular complexity index is 215. The van der Waals surface area contributed by atoms with Gasteiger partial charge in [-0.25, -0.2) is 4.79 Å². The van der Waals surface area contributed by atoms with Gasteiger partial charge in [-0.15, -0.1) is 0 Å². The Balaban J connectivity index is 2.36. The summed E-state index contributed by atoms with van der Waals surface area (Å²) < 4.78 is 0. The zero-order valence-electron chi connectivity index (χ0n) is 6.99. The Morgan fingerprint density at radius 2 is 2.15 bits per heavy atom. The molecule has 1 heterocycles. The van der Waals surface area contributed by atoms with E-state index in [0.717, 1.165) is 0 Å². The molecule has 0 bridgehead atoms. The second-order valence-corrected chi connectivity index (χ2v) is 2.94. The molecule has 0 aromatic carbocycles. The highest BCUT2D eigenvalue weighted by Crippen LogP contribution is 2.02. The van der Waals surface area contributed by atoms with Crippen molar-refractivity contribution in [3.8, 4) is 0 Å². The van der Waals surface area contributed by atoms with E-state index in [4.69, 9.17) is 10.2 Å². The van der Waals surface area contributed by atoms with Gasteiger partial charge in [0.25, 0.3) is 0 Å². The number of nitrogens with one attached hydrogen (secondary N) is 2. The molecule has 0 aromatic heterocycles. The van der Waals surface area contributed by atoms with Crippen LogP contribution in [0, 0.1) is 5.92 Å². The average Bonchev–Trinajstić information content (AvgIpc) is 1.96. The number of carboxylic acids is 1. The van der Waals surface area contributed by atoms with Crippen LogP contribution in [-0.2, 0) is 9.59 Å². The highest BCUT2D eigenvalue weighted by molar-refractivity contribution is 5.85. The van der Waals surface area contributed by atoms with Crippen LogP contribution in [0.15, 0.2) is 0 Å². The van der Waals surface area contributed by atoms with Crippen molar-refractivity contribution in [2.75, 3.05) is 19.7 Å². The zero-order chi connectivity index (χ0) is 9.84. The van der Waals surface area contributed by atoms with Crippen LogP contribution in [0.4, 0.5) is 0 Å². The molecule has 1 saturated heterocycles. The first-order valence-electron chi connectivity index (χ1n) is 4.00. The summed E-state index contributed by atoms with van der Waals surface area (Å²) in [5, 5.41) is 22.2. The molecule has 6 nitrogen and oxygen atoms in total. The largest absolute Gasteiger partial charge is 0.480 e. The van der Waals surface area contributed by atoms with E-state index in [9.17, 15) is 9.59 Å². The van der Waals surface area contributed by atoms with E-state index >= 15 is 0 Å². The van der Waals surface area contributed by atoms with Crippen molar-refractivity contribution >= 4 is 11.9 Å². The second kappa shape index (κ2) is 4.20. The van der Waals surface area contributed by atoms with Gasteiger partial charge in [0.2, 0.25) is 5.91 Å². The van der Waals surface area contributed by atoms with Gasteiger partial charge in [-0.1, -0.05) is 0 Å². The van der Waals surface area contributed by atoms with Crippen molar-refractivity contribution in [2.45, 2.75) is 6.04 Å². The number of aliphatic hydroxyl groups excluding tert-OH is 1. The van der Waals surface area contributed by atoms with Crippen LogP contribution in [0.25, 0.3) is 0 Å². The van der Waals surface area contributed by atoms with Crippen LogP contribution < -0.4 is 10.6 Å². The fourth-order valence-corrected chi connectivity index (χ4v) is 0.949. The van der Waals surface area contributed by atoms with Crippen LogP contribution >= 0.6 is 0 Å². The minimum Gasteiger partial charge on any atom is -0.480 e. The molecule has 4 N–H and O–H groups in total. The molecule has 1 aliphatic heterocycles. The maximum absolute atomic E-state index is 11.2. The van der Waals surface area contributed by atoms with Gasteiger partial charge >= 0.3 is 5.97 Å². The van der Waals surface area contributed by atoms with Crippen molar-refractivity contribution < 1.29 is 19.8 Å². The first kappa shape index (κ1) is 9.94. The van der Waals surface area contributed by atoms with Crippen LogP contribution in [0.1, 0.15) is 0 Å². The second-order valence-electron chi connectivity index (χ2n) is 2.94. The number of carbonyl (C=O) groups is 2. The van der Waals surface area contributed by atoms with Crippen LogP contribution in [0.3, 0.4) is 0 Å². The summed E-state index contributed by atoms with van der Waals surface area (Å²) >= 11 is 0. The Morgan fingerprint density at radius 3 is 2.46 bits per heavy atom. The van der Waals surface area contributed by atoms with E-state index < -0.39 is 18.6 Å². The maximum Gasteiger partial charge on any atom is 0.328 e. The molecule has 1 amide bonds. The van der Waals surface area contributed by atoms with Crippen molar-refractivity contribution in [1.82, 2.24) is 10.6 Å². The minimum atomic E-state index is -1.22. The standard InChI is InChI=1S/C7H12N2O4/c10-3-5(7(12)13)9-6(11)4-1-8-2-4/h4-5,8,10H,1-3H2,(H,9,11)(H,12,13). The minimum absolute atomic E-state index is 0.159. The monoisotopic (exact) mass is 188 g/mol. The number of hydrogen-bond acceptors (Lipinski definition) is 4. The number of amides is 1. The maximum atomic E-state index is 11.2. The lowest BCUT2D eigenvalue weighted by molar-refractivity contribution is -0.143. The summed E-state index contributed by atoms with van der Waals surface area (Å²) in [6, 6.07) is -1.19. The van der Waals surface area contributed by atoms with Crippen molar-refractivity contribution in [3.05, 3.63) is 0 Å². The molecule has 1 unspecified atom stereocenters. The van der Waals surface area contributed by atoms with Gasteiger partial charge < -0.3 is 20.8 Å². The van der Waals surface area contributed by atoms with Crippen molar-refractivity contribution in [1.29, 1.82) is 0 Å². The Hall–Kier alpha value is -1.14. The van der Waals surface area contributed by atoms with E-state index in [1.54, 1.807) is 0 Å². The average molecular weight is 188 g/mol. The SMILES string of the molecule is O=C(NC(CO)C(=O)O)C1CNC1. The predicted molar refractivity (Wildman–Crippen MR) is 43.0 cm³/mol. The molecule has 1 atom stereocenters. The van der Waals surface area contributed by atoms with E-state index in [1.165, 1.54) is 0 Å². The summed E-state index contributed by atoms with van der Waals surface area (Å²) in [7, 11) is 0. The number of carboxylic acid groups (broad SMARTS) is 1. The summed E-state index contributed by atoms with van der Waals surface area (Å²) in [4.78, 5) is 21.6. The zero-order valence-corrected chi connectivity index (χ0v) is 6.99. The Labute approximate surface area is 74.9 Å². The smallest absolute Gasteiger partial charge is 0.328 e. The molecule has 0 saturated carbocycles. The Kier molecular flexibility index (Phi) is 3.21. The molecule has 1 rings (SSSR count). The molecule has 0 radical (unpaired) electrons. The lowest BCUT2D eigenvalue weighted by Gasteiger charge is -2.26. The molecule has 0 aliphatic carbocycles. The molecule has 0 spiro atoms. The normalized spacial score (nSPS) is 18.8. The number of aliphatic hydroxyl groups is 1. The fourth-order valence-electron chi connectivity index (χ4n) is 0.949. The van der Waals surface area contributed by atoms with E-state index in [1.807, 2.05) is 0 Å². The van der Waals surface area contributed by atoms with E-state index in [0.29, 0.717) is 13.1 Å². The van der Waals surface area contributed by atoms with Gasteiger partial charge in [0.05, 0.1) is 12.5 Å². The van der Waals surface area contributed by atoms with Gasteiger partial charge in [0.15, 0.2) is 0 Å². The lowest BCUT2D eigenvalue weighted by atomic mass is 10.0. The molecule has 0 aromatic rings.